The lowest BCUT2D eigenvalue weighted by molar-refractivity contribution is -0.128. The Hall–Kier alpha value is -2.87. The van der Waals surface area contributed by atoms with E-state index in [0.717, 1.165) is 12.8 Å². The zero-order valence-electron chi connectivity index (χ0n) is 12.3. The molecule has 1 saturated carbocycles. The molecule has 1 atom stereocenters. The van der Waals surface area contributed by atoms with Gasteiger partial charge in [-0.05, 0) is 37.1 Å². The van der Waals surface area contributed by atoms with Gasteiger partial charge in [-0.3, -0.25) is 4.79 Å². The SMILES string of the molecule is N#Cc1ccccc1O[C@H](C(=O)NC1CC1)c1ccc(F)cc1. The van der Waals surface area contributed by atoms with Crippen LogP contribution in [0.2, 0.25) is 0 Å². The average Bonchev–Trinajstić information content (AvgIpc) is 3.38. The maximum absolute atomic E-state index is 13.1. The number of nitrogens with zero attached hydrogens (tertiary/aromatic N) is 1. The topological polar surface area (TPSA) is 62.1 Å². The molecule has 4 nitrogen and oxygen atoms in total. The van der Waals surface area contributed by atoms with Crippen molar-refractivity contribution in [2.75, 3.05) is 0 Å². The van der Waals surface area contributed by atoms with Gasteiger partial charge in [-0.1, -0.05) is 24.3 Å². The van der Waals surface area contributed by atoms with E-state index >= 15 is 0 Å². The lowest BCUT2D eigenvalue weighted by Crippen LogP contribution is -2.34. The molecule has 116 valence electrons. The van der Waals surface area contributed by atoms with E-state index in [0.29, 0.717) is 16.9 Å². The van der Waals surface area contributed by atoms with Crippen molar-refractivity contribution in [3.05, 3.63) is 65.5 Å². The Bertz CT molecular complexity index is 748. The number of amides is 1. The van der Waals surface area contributed by atoms with Crippen molar-refractivity contribution in [2.45, 2.75) is 25.0 Å². The van der Waals surface area contributed by atoms with Crippen LogP contribution in [0.4, 0.5) is 4.39 Å². The summed E-state index contributed by atoms with van der Waals surface area (Å²) >= 11 is 0. The highest BCUT2D eigenvalue weighted by molar-refractivity contribution is 5.83. The number of carbonyl (C=O) groups is 1. The fraction of sp³-hybridized carbons (Fsp3) is 0.222. The minimum Gasteiger partial charge on any atom is -0.474 e. The van der Waals surface area contributed by atoms with Crippen LogP contribution in [0.25, 0.3) is 0 Å². The third kappa shape index (κ3) is 3.67. The summed E-state index contributed by atoms with van der Waals surface area (Å²) in [6, 6.07) is 14.5. The van der Waals surface area contributed by atoms with Gasteiger partial charge in [0.05, 0.1) is 5.56 Å². The molecular formula is C18H15FN2O2. The first-order valence-corrected chi connectivity index (χ1v) is 7.39. The predicted octanol–water partition coefficient (Wildman–Crippen LogP) is 3.10. The van der Waals surface area contributed by atoms with Gasteiger partial charge >= 0.3 is 0 Å². The molecule has 0 radical (unpaired) electrons. The highest BCUT2D eigenvalue weighted by Gasteiger charge is 2.30. The van der Waals surface area contributed by atoms with Gasteiger partial charge in [0.2, 0.25) is 6.10 Å². The van der Waals surface area contributed by atoms with E-state index in [1.807, 2.05) is 6.07 Å². The van der Waals surface area contributed by atoms with E-state index in [-0.39, 0.29) is 17.8 Å². The number of carbonyl (C=O) groups excluding carboxylic acids is 1. The molecule has 1 N–H and O–H groups in total. The fourth-order valence-electron chi connectivity index (χ4n) is 2.20. The highest BCUT2D eigenvalue weighted by atomic mass is 19.1. The molecule has 0 aromatic heterocycles. The molecule has 2 aromatic rings. The van der Waals surface area contributed by atoms with Crippen molar-refractivity contribution < 1.29 is 13.9 Å². The summed E-state index contributed by atoms with van der Waals surface area (Å²) in [4.78, 5) is 12.5. The Labute approximate surface area is 133 Å². The number of ether oxygens (including phenoxy) is 1. The normalized spacial score (nSPS) is 14.6. The number of para-hydroxylation sites is 1. The van der Waals surface area contributed by atoms with E-state index < -0.39 is 6.10 Å². The van der Waals surface area contributed by atoms with E-state index in [9.17, 15) is 9.18 Å². The summed E-state index contributed by atoms with van der Waals surface area (Å²) in [5.41, 5.74) is 0.885. The number of benzene rings is 2. The van der Waals surface area contributed by atoms with Gasteiger partial charge < -0.3 is 10.1 Å². The Morgan fingerprint density at radius 1 is 1.22 bits per heavy atom. The highest BCUT2D eigenvalue weighted by Crippen LogP contribution is 2.27. The maximum Gasteiger partial charge on any atom is 0.266 e. The molecule has 0 bridgehead atoms. The van der Waals surface area contributed by atoms with Crippen LogP contribution in [0.15, 0.2) is 48.5 Å². The van der Waals surface area contributed by atoms with Crippen LogP contribution in [0.3, 0.4) is 0 Å². The number of hydrogen-bond donors (Lipinski definition) is 1. The van der Waals surface area contributed by atoms with Crippen molar-refractivity contribution in [3.8, 4) is 11.8 Å². The maximum atomic E-state index is 13.1. The van der Waals surface area contributed by atoms with Crippen molar-refractivity contribution in [2.24, 2.45) is 0 Å². The monoisotopic (exact) mass is 310 g/mol. The third-order valence-electron chi connectivity index (χ3n) is 3.59. The lowest BCUT2D eigenvalue weighted by atomic mass is 10.1. The van der Waals surface area contributed by atoms with Crippen molar-refractivity contribution in [3.63, 3.8) is 0 Å². The number of rotatable bonds is 5. The van der Waals surface area contributed by atoms with Crippen LogP contribution in [0.5, 0.6) is 5.75 Å². The first kappa shape index (κ1) is 15.0. The second-order valence-electron chi connectivity index (χ2n) is 5.44. The zero-order valence-corrected chi connectivity index (χ0v) is 12.3. The van der Waals surface area contributed by atoms with E-state index in [4.69, 9.17) is 10.00 Å². The molecule has 5 heteroatoms. The van der Waals surface area contributed by atoms with Crippen LogP contribution >= 0.6 is 0 Å². The standard InChI is InChI=1S/C18H15FN2O2/c19-14-7-5-12(6-8-14)17(18(22)21-15-9-10-15)23-16-4-2-1-3-13(16)11-20/h1-8,15,17H,9-10H2,(H,21,22)/t17-/m0/s1. The molecule has 1 aliphatic carbocycles. The average molecular weight is 310 g/mol. The summed E-state index contributed by atoms with van der Waals surface area (Å²) in [7, 11) is 0. The van der Waals surface area contributed by atoms with E-state index in [2.05, 4.69) is 5.32 Å². The predicted molar refractivity (Wildman–Crippen MR) is 82.1 cm³/mol. The van der Waals surface area contributed by atoms with Gasteiger partial charge in [-0.25, -0.2) is 4.39 Å². The molecule has 1 aliphatic rings. The minimum absolute atomic E-state index is 0.181. The van der Waals surface area contributed by atoms with Gasteiger partial charge in [0, 0.05) is 11.6 Å². The second kappa shape index (κ2) is 6.49. The fourth-order valence-corrected chi connectivity index (χ4v) is 2.20. The molecule has 0 saturated heterocycles. The second-order valence-corrected chi connectivity index (χ2v) is 5.44. The third-order valence-corrected chi connectivity index (χ3v) is 3.59. The largest absolute Gasteiger partial charge is 0.474 e. The van der Waals surface area contributed by atoms with E-state index in [1.165, 1.54) is 24.3 Å². The molecule has 0 spiro atoms. The number of nitrogens with one attached hydrogen (secondary N) is 1. The molecule has 1 fully saturated rings. The van der Waals surface area contributed by atoms with E-state index in [1.54, 1.807) is 24.3 Å². The lowest BCUT2D eigenvalue weighted by Gasteiger charge is -2.19. The van der Waals surface area contributed by atoms with Gasteiger partial charge in [0.1, 0.15) is 17.6 Å². The van der Waals surface area contributed by atoms with Gasteiger partial charge in [0.15, 0.2) is 0 Å². The first-order chi connectivity index (χ1) is 11.2. The smallest absolute Gasteiger partial charge is 0.266 e. The van der Waals surface area contributed by atoms with Gasteiger partial charge in [-0.2, -0.15) is 5.26 Å². The molecule has 3 rings (SSSR count). The van der Waals surface area contributed by atoms with Gasteiger partial charge in [-0.15, -0.1) is 0 Å². The van der Waals surface area contributed by atoms with Gasteiger partial charge in [0.25, 0.3) is 5.91 Å². The van der Waals surface area contributed by atoms with Crippen LogP contribution in [0.1, 0.15) is 30.1 Å². The molecule has 23 heavy (non-hydrogen) atoms. The number of nitriles is 1. The van der Waals surface area contributed by atoms with Crippen molar-refractivity contribution >= 4 is 5.91 Å². The van der Waals surface area contributed by atoms with Crippen LogP contribution in [-0.4, -0.2) is 11.9 Å². The molecule has 2 aromatic carbocycles. The van der Waals surface area contributed by atoms with Crippen LogP contribution < -0.4 is 10.1 Å². The molecular weight excluding hydrogens is 295 g/mol. The quantitative estimate of drug-likeness (QED) is 0.923. The Kier molecular flexibility index (Phi) is 4.24. The Morgan fingerprint density at radius 2 is 1.91 bits per heavy atom. The Morgan fingerprint density at radius 3 is 2.57 bits per heavy atom. The summed E-state index contributed by atoms with van der Waals surface area (Å²) < 4.78 is 18.9. The Balaban J connectivity index is 1.89. The summed E-state index contributed by atoms with van der Waals surface area (Å²) in [6.07, 6.45) is 0.985. The van der Waals surface area contributed by atoms with Crippen molar-refractivity contribution in [1.29, 1.82) is 5.26 Å². The molecule has 0 unspecified atom stereocenters. The molecule has 0 heterocycles. The first-order valence-electron chi connectivity index (χ1n) is 7.39. The zero-order chi connectivity index (χ0) is 16.2. The molecule has 0 aliphatic heterocycles. The summed E-state index contributed by atoms with van der Waals surface area (Å²) in [5, 5.41) is 12.0. The molecule has 1 amide bonds. The van der Waals surface area contributed by atoms with Crippen molar-refractivity contribution in [1.82, 2.24) is 5.32 Å². The summed E-state index contributed by atoms with van der Waals surface area (Å²) in [6.45, 7) is 0. The minimum atomic E-state index is -0.925. The van der Waals surface area contributed by atoms with Crippen LogP contribution in [0, 0.1) is 17.1 Å². The summed E-state index contributed by atoms with van der Waals surface area (Å²) in [5.74, 6) is -0.338. The van der Waals surface area contributed by atoms with Crippen LogP contribution in [-0.2, 0) is 4.79 Å². The number of halogens is 1. The number of hydrogen-bond acceptors (Lipinski definition) is 3.